The minimum Gasteiger partial charge on any atom is -0.311 e. The predicted molar refractivity (Wildman–Crippen MR) is 289 cm³/mol. The van der Waals surface area contributed by atoms with Gasteiger partial charge in [-0.1, -0.05) is 127 Å². The van der Waals surface area contributed by atoms with E-state index in [9.17, 15) is 0 Å². The molecular weight excluding hydrogens is 865 g/mol. The molecule has 0 bridgehead atoms. The van der Waals surface area contributed by atoms with Crippen LogP contribution in [0.4, 0.5) is 17.1 Å². The fourth-order valence-corrected chi connectivity index (χ4v) is 11.4. The molecule has 6 heteroatoms. The maximum Gasteiger partial charge on any atom is 0.124 e. The summed E-state index contributed by atoms with van der Waals surface area (Å²) in [6, 6.07) is 87.2. The summed E-state index contributed by atoms with van der Waals surface area (Å²) in [6.07, 6.45) is 0. The van der Waals surface area contributed by atoms with Gasteiger partial charge in [-0.05, 0) is 149 Å². The zero-order valence-electron chi connectivity index (χ0n) is 36.7. The van der Waals surface area contributed by atoms with Crippen LogP contribution in [0.2, 0.25) is 0 Å². The van der Waals surface area contributed by atoms with Gasteiger partial charge in [-0.2, -0.15) is 0 Å². The van der Waals surface area contributed by atoms with Crippen LogP contribution in [-0.4, -0.2) is 14.5 Å². The number of hydrogen-bond acceptors (Lipinski definition) is 5. The summed E-state index contributed by atoms with van der Waals surface area (Å²) in [5.74, 6) is 0. The molecule has 0 atom stereocenters. The van der Waals surface area contributed by atoms with E-state index < -0.39 is 0 Å². The van der Waals surface area contributed by atoms with Crippen LogP contribution in [0.15, 0.2) is 243 Å². The topological polar surface area (TPSA) is 34.0 Å². The Morgan fingerprint density at radius 1 is 0.309 bits per heavy atom. The van der Waals surface area contributed by atoms with Gasteiger partial charge in [0.05, 0.1) is 31.5 Å². The second-order valence-corrected chi connectivity index (χ2v) is 19.1. The number of benzene rings is 10. The second-order valence-electron chi connectivity index (χ2n) is 17.0. The first-order valence-electron chi connectivity index (χ1n) is 22.8. The number of anilines is 3. The molecule has 3 heterocycles. The molecule has 0 spiro atoms. The molecule has 0 unspecified atom stereocenters. The molecule has 0 aliphatic rings. The maximum atomic E-state index is 5.02. The molecule has 0 radical (unpaired) electrons. The summed E-state index contributed by atoms with van der Waals surface area (Å²) >= 11 is 3.47. The first kappa shape index (κ1) is 39.9. The van der Waals surface area contributed by atoms with Gasteiger partial charge in [0, 0.05) is 44.6 Å². The van der Waals surface area contributed by atoms with Crippen LogP contribution in [-0.2, 0) is 0 Å². The number of nitrogens with zero attached hydrogens (tertiary/aromatic N) is 4. The molecule has 0 saturated carbocycles. The molecule has 320 valence electrons. The van der Waals surface area contributed by atoms with Crippen molar-refractivity contribution >= 4 is 82.0 Å². The average Bonchev–Trinajstić information content (AvgIpc) is 4.14. The standard InChI is InChI=1S/C62H40N4S2/c1-3-11-41(12-4-1)43-19-29-49(30-20-43)65(51-35-25-46(26-36-51)61-63-55-15-7-9-17-59(55)67-61)50-31-21-44(22-32-50)45-23-33-52(34-24-45)66-57-37-27-47(42-13-5-2-6-14-42)39-53(57)54-40-48(28-38-58(54)66)62-64-56-16-8-10-18-60(56)68-62/h1-40H. The summed E-state index contributed by atoms with van der Waals surface area (Å²) in [5.41, 5.74) is 18.1. The molecule has 3 aromatic heterocycles. The summed E-state index contributed by atoms with van der Waals surface area (Å²) in [4.78, 5) is 12.3. The predicted octanol–water partition coefficient (Wildman–Crippen LogP) is 17.8. The van der Waals surface area contributed by atoms with Crippen LogP contribution in [0.3, 0.4) is 0 Å². The first-order valence-corrected chi connectivity index (χ1v) is 24.4. The zero-order chi connectivity index (χ0) is 45.0. The van der Waals surface area contributed by atoms with Crippen molar-refractivity contribution in [3.63, 3.8) is 0 Å². The molecule has 0 fully saturated rings. The van der Waals surface area contributed by atoms with Crippen LogP contribution in [0, 0.1) is 0 Å². The van der Waals surface area contributed by atoms with Gasteiger partial charge in [-0.15, -0.1) is 22.7 Å². The third-order valence-corrected chi connectivity index (χ3v) is 15.1. The lowest BCUT2D eigenvalue weighted by molar-refractivity contribution is 1.18. The molecule has 10 aromatic carbocycles. The Balaban J connectivity index is 0.848. The maximum absolute atomic E-state index is 5.02. The van der Waals surface area contributed by atoms with Crippen LogP contribution in [0.1, 0.15) is 0 Å². The Morgan fingerprint density at radius 3 is 1.18 bits per heavy atom. The smallest absolute Gasteiger partial charge is 0.124 e. The van der Waals surface area contributed by atoms with Gasteiger partial charge in [-0.3, -0.25) is 0 Å². The van der Waals surface area contributed by atoms with E-state index in [-0.39, 0.29) is 0 Å². The third kappa shape index (κ3) is 7.24. The highest BCUT2D eigenvalue weighted by Crippen LogP contribution is 2.41. The summed E-state index contributed by atoms with van der Waals surface area (Å²) in [7, 11) is 0. The van der Waals surface area contributed by atoms with E-state index in [4.69, 9.17) is 9.97 Å². The molecule has 0 saturated heterocycles. The molecule has 0 aliphatic heterocycles. The zero-order valence-corrected chi connectivity index (χ0v) is 38.3. The number of fused-ring (bicyclic) bond motifs is 5. The van der Waals surface area contributed by atoms with E-state index in [0.29, 0.717) is 0 Å². The van der Waals surface area contributed by atoms with E-state index in [0.717, 1.165) is 71.6 Å². The number of aromatic nitrogens is 3. The van der Waals surface area contributed by atoms with Crippen molar-refractivity contribution in [1.29, 1.82) is 0 Å². The quantitative estimate of drug-likeness (QED) is 0.145. The normalized spacial score (nSPS) is 11.5. The molecule has 0 N–H and O–H groups in total. The lowest BCUT2D eigenvalue weighted by Crippen LogP contribution is -2.09. The Bertz CT molecular complexity index is 3860. The van der Waals surface area contributed by atoms with Crippen LogP contribution in [0.25, 0.3) is 102 Å². The highest BCUT2D eigenvalue weighted by atomic mass is 32.1. The van der Waals surface area contributed by atoms with E-state index in [2.05, 4.69) is 246 Å². The van der Waals surface area contributed by atoms with Gasteiger partial charge < -0.3 is 9.47 Å². The second kappa shape index (κ2) is 16.8. The van der Waals surface area contributed by atoms with Crippen molar-refractivity contribution < 1.29 is 0 Å². The van der Waals surface area contributed by atoms with Crippen LogP contribution >= 0.6 is 22.7 Å². The van der Waals surface area contributed by atoms with Crippen LogP contribution < -0.4 is 4.90 Å². The Kier molecular flexibility index (Phi) is 9.85. The monoisotopic (exact) mass is 904 g/mol. The first-order chi connectivity index (χ1) is 33.7. The number of rotatable bonds is 9. The summed E-state index contributed by atoms with van der Waals surface area (Å²) in [5, 5.41) is 4.48. The molecule has 68 heavy (non-hydrogen) atoms. The SMILES string of the molecule is c1ccc(-c2ccc(N(c3ccc(-c4ccc(-n5c6ccc(-c7ccccc7)cc6c6cc(-c7nc8ccccc8s7)ccc65)cc4)cc3)c3ccc(-c4nc5ccccc5s4)cc3)cc2)cc1. The number of hydrogen-bond donors (Lipinski definition) is 0. The van der Waals surface area contributed by atoms with Gasteiger partial charge in [0.15, 0.2) is 0 Å². The summed E-state index contributed by atoms with van der Waals surface area (Å²) < 4.78 is 4.79. The fourth-order valence-electron chi connectivity index (χ4n) is 9.48. The molecule has 0 amide bonds. The summed E-state index contributed by atoms with van der Waals surface area (Å²) in [6.45, 7) is 0. The van der Waals surface area contributed by atoms with Gasteiger partial charge in [0.25, 0.3) is 0 Å². The van der Waals surface area contributed by atoms with Crippen molar-refractivity contribution in [2.75, 3.05) is 4.90 Å². The molecule has 13 aromatic rings. The molecular formula is C62H40N4S2. The van der Waals surface area contributed by atoms with Crippen molar-refractivity contribution in [2.24, 2.45) is 0 Å². The number of para-hydroxylation sites is 2. The lowest BCUT2D eigenvalue weighted by Gasteiger charge is -2.26. The van der Waals surface area contributed by atoms with Gasteiger partial charge in [-0.25, -0.2) is 9.97 Å². The average molecular weight is 905 g/mol. The molecule has 13 rings (SSSR count). The molecule has 0 aliphatic carbocycles. The Hall–Kier alpha value is -8.42. The minimum atomic E-state index is 1.02. The third-order valence-electron chi connectivity index (χ3n) is 12.9. The van der Waals surface area contributed by atoms with E-state index in [1.165, 1.54) is 47.9 Å². The van der Waals surface area contributed by atoms with E-state index in [1.54, 1.807) is 22.7 Å². The molecule has 4 nitrogen and oxygen atoms in total. The van der Waals surface area contributed by atoms with Gasteiger partial charge in [0.1, 0.15) is 10.0 Å². The van der Waals surface area contributed by atoms with E-state index >= 15 is 0 Å². The number of thiazole rings is 2. The van der Waals surface area contributed by atoms with E-state index in [1.807, 2.05) is 6.07 Å². The van der Waals surface area contributed by atoms with Crippen molar-refractivity contribution in [3.8, 4) is 60.2 Å². The fraction of sp³-hybridized carbons (Fsp3) is 0. The van der Waals surface area contributed by atoms with Crippen molar-refractivity contribution in [1.82, 2.24) is 14.5 Å². The Morgan fingerprint density at radius 2 is 0.676 bits per heavy atom. The highest BCUT2D eigenvalue weighted by Gasteiger charge is 2.18. The Labute approximate surface area is 402 Å². The van der Waals surface area contributed by atoms with Gasteiger partial charge in [0.2, 0.25) is 0 Å². The minimum absolute atomic E-state index is 1.02. The van der Waals surface area contributed by atoms with Crippen LogP contribution in [0.5, 0.6) is 0 Å². The van der Waals surface area contributed by atoms with Crippen molar-refractivity contribution in [2.45, 2.75) is 0 Å². The highest BCUT2D eigenvalue weighted by molar-refractivity contribution is 7.22. The van der Waals surface area contributed by atoms with Crippen molar-refractivity contribution in [3.05, 3.63) is 243 Å². The largest absolute Gasteiger partial charge is 0.311 e. The van der Waals surface area contributed by atoms with Gasteiger partial charge >= 0.3 is 0 Å². The lowest BCUT2D eigenvalue weighted by atomic mass is 10.0.